The molecule has 0 amide bonds. The quantitative estimate of drug-likeness (QED) is 0.292. The summed E-state index contributed by atoms with van der Waals surface area (Å²) in [7, 11) is 0. The molecule has 4 rings (SSSR count). The maximum absolute atomic E-state index is 12.7. The first kappa shape index (κ1) is 18.5. The molecule has 4 N–H and O–H groups in total. The summed E-state index contributed by atoms with van der Waals surface area (Å²) in [6, 6.07) is 5.44. The molecular weight excluding hydrogens is 394 g/mol. The van der Waals surface area contributed by atoms with Gasteiger partial charge in [-0.25, -0.2) is 9.98 Å². The highest BCUT2D eigenvalue weighted by Gasteiger charge is 2.23. The summed E-state index contributed by atoms with van der Waals surface area (Å²) in [4.78, 5) is 8.73. The van der Waals surface area contributed by atoms with Gasteiger partial charge in [-0.05, 0) is 30.7 Å². The van der Waals surface area contributed by atoms with Gasteiger partial charge in [0.1, 0.15) is 28.0 Å². The van der Waals surface area contributed by atoms with Crippen molar-refractivity contribution in [2.24, 2.45) is 4.99 Å². The first-order valence-electron chi connectivity index (χ1n) is 8.50. The molecule has 0 aliphatic heterocycles. The van der Waals surface area contributed by atoms with Gasteiger partial charge in [0.25, 0.3) is 6.20 Å². The Morgan fingerprint density at radius 1 is 1.41 bits per heavy atom. The fraction of sp³-hybridized carbons (Fsp3) is 0.167. The highest BCUT2D eigenvalue weighted by molar-refractivity contribution is 7.21. The Morgan fingerprint density at radius 3 is 2.83 bits per heavy atom. The van der Waals surface area contributed by atoms with Crippen molar-refractivity contribution >= 4 is 44.8 Å². The number of nitriles is 1. The number of fused-ring (bicyclic) bond motifs is 1. The van der Waals surface area contributed by atoms with Crippen molar-refractivity contribution in [3.05, 3.63) is 35.0 Å². The van der Waals surface area contributed by atoms with E-state index >= 15 is 0 Å². The molecule has 0 aromatic carbocycles. The number of pyridine rings is 1. The number of hydrogen-bond acceptors (Lipinski definition) is 10. The van der Waals surface area contributed by atoms with Crippen LogP contribution in [0.2, 0.25) is 0 Å². The minimum atomic E-state index is -0.611. The lowest BCUT2D eigenvalue weighted by atomic mass is 10.0. The van der Waals surface area contributed by atoms with Crippen LogP contribution in [0.4, 0.5) is 17.4 Å². The van der Waals surface area contributed by atoms with Crippen molar-refractivity contribution in [1.82, 2.24) is 10.3 Å². The summed E-state index contributed by atoms with van der Waals surface area (Å²) in [5, 5.41) is 26.5. The average molecular weight is 409 g/mol. The maximum Gasteiger partial charge on any atom is 0.320 e. The van der Waals surface area contributed by atoms with Gasteiger partial charge in [0.2, 0.25) is 5.27 Å². The van der Waals surface area contributed by atoms with Gasteiger partial charge < -0.3 is 21.0 Å². The SMILES string of the molecule is CC(C)[n+]1cc(/N=C(\[O-])c2sc3nc(N)c(C#N)c(-c4ccco4)c3c2N)on1. The summed E-state index contributed by atoms with van der Waals surface area (Å²) < 4.78 is 12.1. The molecule has 0 saturated heterocycles. The minimum Gasteiger partial charge on any atom is -0.857 e. The Hall–Kier alpha value is -3.91. The largest absolute Gasteiger partial charge is 0.857 e. The first-order chi connectivity index (χ1) is 13.9. The Bertz CT molecular complexity index is 1280. The molecule has 0 atom stereocenters. The molecule has 0 spiro atoms. The lowest BCUT2D eigenvalue weighted by Gasteiger charge is -2.08. The minimum absolute atomic E-state index is 0.0248. The second kappa shape index (κ2) is 6.92. The third-order valence-corrected chi connectivity index (χ3v) is 5.28. The number of rotatable bonds is 4. The predicted molar refractivity (Wildman–Crippen MR) is 104 cm³/mol. The van der Waals surface area contributed by atoms with Crippen LogP contribution in [0, 0.1) is 11.3 Å². The van der Waals surface area contributed by atoms with E-state index in [-0.39, 0.29) is 33.9 Å². The summed E-state index contributed by atoms with van der Waals surface area (Å²) in [6.07, 6.45) is 2.99. The fourth-order valence-corrected chi connectivity index (χ4v) is 3.80. The van der Waals surface area contributed by atoms with E-state index in [0.717, 1.165) is 11.3 Å². The molecule has 0 unspecified atom stereocenters. The average Bonchev–Trinajstić information content (AvgIpc) is 3.41. The van der Waals surface area contributed by atoms with E-state index in [1.54, 1.807) is 12.1 Å². The van der Waals surface area contributed by atoms with Gasteiger partial charge in [-0.2, -0.15) is 5.26 Å². The first-order valence-corrected chi connectivity index (χ1v) is 9.32. The van der Waals surface area contributed by atoms with Gasteiger partial charge in [0, 0.05) is 11.3 Å². The monoisotopic (exact) mass is 409 g/mol. The number of hydrogen-bond donors (Lipinski definition) is 2. The van der Waals surface area contributed by atoms with Gasteiger partial charge in [-0.3, -0.25) is 4.52 Å². The Kier molecular flexibility index (Phi) is 4.40. The van der Waals surface area contributed by atoms with E-state index < -0.39 is 5.90 Å². The number of thiophene rings is 1. The maximum atomic E-state index is 12.7. The molecule has 0 bridgehead atoms. The highest BCUT2D eigenvalue weighted by Crippen LogP contribution is 2.42. The molecule has 0 aliphatic carbocycles. The van der Waals surface area contributed by atoms with E-state index in [1.165, 1.54) is 17.1 Å². The van der Waals surface area contributed by atoms with Crippen LogP contribution in [0.1, 0.15) is 30.3 Å². The van der Waals surface area contributed by atoms with Crippen LogP contribution in [0.15, 0.2) is 38.5 Å². The summed E-state index contributed by atoms with van der Waals surface area (Å²) >= 11 is 1.03. The van der Waals surface area contributed by atoms with Gasteiger partial charge >= 0.3 is 5.88 Å². The molecular formula is C18H15N7O3S. The number of nitrogens with zero attached hydrogens (tertiary/aromatic N) is 5. The number of nitrogens with two attached hydrogens (primary N) is 2. The summed E-state index contributed by atoms with van der Waals surface area (Å²) in [6.45, 7) is 3.83. The lowest BCUT2D eigenvalue weighted by Crippen LogP contribution is -2.36. The van der Waals surface area contributed by atoms with Crippen molar-refractivity contribution in [3.63, 3.8) is 0 Å². The van der Waals surface area contributed by atoms with Crippen LogP contribution in [-0.4, -0.2) is 16.2 Å². The van der Waals surface area contributed by atoms with E-state index in [1.807, 2.05) is 19.9 Å². The second-order valence-electron chi connectivity index (χ2n) is 6.39. The van der Waals surface area contributed by atoms with Gasteiger partial charge in [-0.15, -0.1) is 11.3 Å². The zero-order valence-corrected chi connectivity index (χ0v) is 16.2. The zero-order chi connectivity index (χ0) is 20.7. The lowest BCUT2D eigenvalue weighted by molar-refractivity contribution is -0.779. The number of anilines is 2. The van der Waals surface area contributed by atoms with E-state index in [2.05, 4.69) is 15.2 Å². The Morgan fingerprint density at radius 2 is 2.21 bits per heavy atom. The van der Waals surface area contributed by atoms with Crippen molar-refractivity contribution in [2.75, 3.05) is 11.5 Å². The molecule has 0 aliphatic rings. The van der Waals surface area contributed by atoms with Crippen LogP contribution >= 0.6 is 11.3 Å². The number of aliphatic imine (C=N–C) groups is 1. The molecule has 10 nitrogen and oxygen atoms in total. The number of nitrogen functional groups attached to an aromatic ring is 2. The molecule has 146 valence electrons. The standard InChI is InChI=1S/C18H15N7O3S/c1-8(2)25-7-11(28-24-25)22-17(26)15-14(20)13-12(10-4-3-5-27-10)9(6-19)16(21)23-18(13)29-15/h3-5,7-8H,1-2H3,(H4-,20,21,22,23,24,26). The van der Waals surface area contributed by atoms with Crippen LogP contribution < -0.4 is 21.3 Å². The third-order valence-electron chi connectivity index (χ3n) is 4.19. The van der Waals surface area contributed by atoms with Crippen LogP contribution in [0.5, 0.6) is 0 Å². The van der Waals surface area contributed by atoms with Gasteiger partial charge in [-0.1, -0.05) is 0 Å². The van der Waals surface area contributed by atoms with Crippen LogP contribution in [-0.2, 0) is 0 Å². The van der Waals surface area contributed by atoms with Crippen LogP contribution in [0.3, 0.4) is 0 Å². The molecule has 4 aromatic heterocycles. The summed E-state index contributed by atoms with van der Waals surface area (Å²) in [5.74, 6) is -0.136. The van der Waals surface area contributed by atoms with Gasteiger partial charge in [0.05, 0.1) is 22.4 Å². The van der Waals surface area contributed by atoms with E-state index in [0.29, 0.717) is 21.5 Å². The Balaban J connectivity index is 1.91. The van der Waals surface area contributed by atoms with Crippen molar-refractivity contribution in [2.45, 2.75) is 19.9 Å². The smallest absolute Gasteiger partial charge is 0.320 e. The van der Waals surface area contributed by atoms with Gasteiger partial charge in [0.15, 0.2) is 6.04 Å². The molecule has 0 fully saturated rings. The zero-order valence-electron chi connectivity index (χ0n) is 15.4. The molecule has 0 radical (unpaired) electrons. The fourth-order valence-electron chi connectivity index (χ4n) is 2.80. The van der Waals surface area contributed by atoms with E-state index in [9.17, 15) is 10.4 Å². The van der Waals surface area contributed by atoms with Crippen molar-refractivity contribution < 1.29 is 18.7 Å². The topological polar surface area (TPSA) is 167 Å². The number of furan rings is 1. The molecule has 11 heteroatoms. The summed E-state index contributed by atoms with van der Waals surface area (Å²) in [5.41, 5.74) is 12.9. The molecule has 29 heavy (non-hydrogen) atoms. The predicted octanol–water partition coefficient (Wildman–Crippen LogP) is 1.89. The Labute approximate surface area is 168 Å². The van der Waals surface area contributed by atoms with Crippen LogP contribution in [0.25, 0.3) is 21.5 Å². The van der Waals surface area contributed by atoms with E-state index in [4.69, 9.17) is 20.4 Å². The number of aromatic nitrogens is 3. The van der Waals surface area contributed by atoms with Crippen molar-refractivity contribution in [3.8, 4) is 17.4 Å². The second-order valence-corrected chi connectivity index (χ2v) is 7.39. The normalized spacial score (nSPS) is 12.0. The molecule has 0 saturated carbocycles. The highest BCUT2D eigenvalue weighted by atomic mass is 32.1. The molecule has 4 aromatic rings. The van der Waals surface area contributed by atoms with Crippen molar-refractivity contribution in [1.29, 1.82) is 5.26 Å². The third kappa shape index (κ3) is 3.05. The molecule has 4 heterocycles.